The molecule has 0 radical (unpaired) electrons. The molecule has 0 saturated heterocycles. The molecule has 1 unspecified atom stereocenters. The number of carbonyl (C=O) groups is 2. The molecule has 0 spiro atoms. The van der Waals surface area contributed by atoms with Crippen molar-refractivity contribution in [2.45, 2.75) is 37.6 Å². The number of ether oxygens (including phenoxy) is 2. The van der Waals surface area contributed by atoms with Gasteiger partial charge in [-0.3, -0.25) is 4.79 Å². The Morgan fingerprint density at radius 1 is 1.42 bits per heavy atom. The Labute approximate surface area is 116 Å². The van der Waals surface area contributed by atoms with Gasteiger partial charge in [-0.1, -0.05) is 18.7 Å². The lowest BCUT2D eigenvalue weighted by atomic mass is 10.5. The summed E-state index contributed by atoms with van der Waals surface area (Å²) in [5.41, 5.74) is 0.276. The van der Waals surface area contributed by atoms with Gasteiger partial charge in [0, 0.05) is 0 Å². The van der Waals surface area contributed by atoms with Crippen LogP contribution in [0.4, 0.5) is 0 Å². The van der Waals surface area contributed by atoms with Crippen molar-refractivity contribution in [2.24, 2.45) is 0 Å². The van der Waals surface area contributed by atoms with Gasteiger partial charge in [0.2, 0.25) is 0 Å². The van der Waals surface area contributed by atoms with Crippen LogP contribution in [0.5, 0.6) is 0 Å². The van der Waals surface area contributed by atoms with Gasteiger partial charge in [-0.25, -0.2) is 9.78 Å². The van der Waals surface area contributed by atoms with Gasteiger partial charge in [-0.05, 0) is 20.3 Å². The van der Waals surface area contributed by atoms with Gasteiger partial charge >= 0.3 is 11.9 Å². The van der Waals surface area contributed by atoms with E-state index >= 15 is 0 Å². The Morgan fingerprint density at radius 2 is 2.16 bits per heavy atom. The number of H-pyrrole nitrogens is 1. The number of nitrogens with one attached hydrogen (secondary N) is 1. The molecule has 6 nitrogen and oxygen atoms in total. The topological polar surface area (TPSA) is 81.3 Å². The zero-order valence-electron chi connectivity index (χ0n) is 11.3. The van der Waals surface area contributed by atoms with Crippen LogP contribution in [0, 0.1) is 0 Å². The van der Waals surface area contributed by atoms with E-state index < -0.39 is 5.97 Å². The number of carbonyl (C=O) groups excluding carboxylic acids is 2. The summed E-state index contributed by atoms with van der Waals surface area (Å²) in [6, 6.07) is 0. The average Bonchev–Trinajstić information content (AvgIpc) is 2.84. The minimum Gasteiger partial charge on any atom is -0.465 e. The Bertz CT molecular complexity index is 433. The van der Waals surface area contributed by atoms with Crippen LogP contribution in [0.2, 0.25) is 0 Å². The highest BCUT2D eigenvalue weighted by Gasteiger charge is 2.18. The van der Waals surface area contributed by atoms with Crippen LogP contribution in [0.1, 0.15) is 37.7 Å². The molecule has 1 heterocycles. The second-order valence-corrected chi connectivity index (χ2v) is 5.08. The quantitative estimate of drug-likeness (QED) is 0.610. The highest BCUT2D eigenvalue weighted by Crippen LogP contribution is 2.21. The second kappa shape index (κ2) is 7.83. The minimum atomic E-state index is -0.455. The maximum absolute atomic E-state index is 11.6. The Balaban J connectivity index is 2.53. The third-order valence-corrected chi connectivity index (χ3v) is 3.09. The predicted molar refractivity (Wildman–Crippen MR) is 71.1 cm³/mol. The van der Waals surface area contributed by atoms with E-state index in [1.165, 1.54) is 18.0 Å². The zero-order valence-corrected chi connectivity index (χ0v) is 12.1. The zero-order chi connectivity index (χ0) is 14.3. The summed E-state index contributed by atoms with van der Waals surface area (Å²) in [6.45, 7) is 6.12. The summed E-state index contributed by atoms with van der Waals surface area (Å²) in [5.74, 6) is -0.746. The third-order valence-electron chi connectivity index (χ3n) is 2.12. The first-order valence-corrected chi connectivity index (χ1v) is 7.01. The summed E-state index contributed by atoms with van der Waals surface area (Å²) >= 11 is 1.21. The highest BCUT2D eigenvalue weighted by molar-refractivity contribution is 8.00. The maximum atomic E-state index is 11.6. The average molecular weight is 286 g/mol. The molecular weight excluding hydrogens is 268 g/mol. The third kappa shape index (κ3) is 4.94. The van der Waals surface area contributed by atoms with E-state index in [1.807, 2.05) is 6.92 Å². The van der Waals surface area contributed by atoms with Gasteiger partial charge < -0.3 is 14.5 Å². The van der Waals surface area contributed by atoms with E-state index in [2.05, 4.69) is 9.97 Å². The molecule has 106 valence electrons. The van der Waals surface area contributed by atoms with Crippen molar-refractivity contribution in [3.8, 4) is 0 Å². The first kappa shape index (κ1) is 15.6. The lowest BCUT2D eigenvalue weighted by Gasteiger charge is -2.08. The van der Waals surface area contributed by atoms with Gasteiger partial charge in [0.1, 0.15) is 10.9 Å². The van der Waals surface area contributed by atoms with E-state index in [9.17, 15) is 9.59 Å². The molecule has 0 aliphatic heterocycles. The van der Waals surface area contributed by atoms with Crippen LogP contribution in [0.15, 0.2) is 11.4 Å². The molecular formula is C12H18N2O4S. The van der Waals surface area contributed by atoms with Crippen molar-refractivity contribution in [3.63, 3.8) is 0 Å². The first-order chi connectivity index (χ1) is 9.08. The summed E-state index contributed by atoms with van der Waals surface area (Å²) < 4.78 is 9.86. The number of nitrogens with zero attached hydrogens (tertiary/aromatic N) is 1. The number of imidazole rings is 1. The fourth-order valence-corrected chi connectivity index (χ4v) is 1.99. The van der Waals surface area contributed by atoms with Crippen molar-refractivity contribution in [2.75, 3.05) is 13.2 Å². The fraction of sp³-hybridized carbons (Fsp3) is 0.583. The standard InChI is InChI=1S/C12H18N2O4S/c1-4-6-18-10(15)8(3)19-12-13-7-9(14-12)11(16)17-5-2/h7-8H,4-6H2,1-3H3,(H,13,14). The summed E-state index contributed by atoms with van der Waals surface area (Å²) in [4.78, 5) is 29.8. The molecule has 1 atom stereocenters. The van der Waals surface area contributed by atoms with Gasteiger partial charge in [0.15, 0.2) is 5.16 Å². The van der Waals surface area contributed by atoms with Crippen LogP contribution >= 0.6 is 11.8 Å². The lowest BCUT2D eigenvalue weighted by molar-refractivity contribution is -0.142. The van der Waals surface area contributed by atoms with Crippen molar-refractivity contribution in [1.29, 1.82) is 0 Å². The van der Waals surface area contributed by atoms with Gasteiger partial charge in [0.05, 0.1) is 19.4 Å². The largest absolute Gasteiger partial charge is 0.465 e. The number of hydrogen-bond donors (Lipinski definition) is 1. The van der Waals surface area contributed by atoms with Gasteiger partial charge in [-0.2, -0.15) is 0 Å². The van der Waals surface area contributed by atoms with Crippen LogP contribution < -0.4 is 0 Å². The first-order valence-electron chi connectivity index (χ1n) is 6.13. The highest BCUT2D eigenvalue weighted by atomic mass is 32.2. The molecule has 0 fully saturated rings. The Hall–Kier alpha value is -1.50. The van der Waals surface area contributed by atoms with Crippen LogP contribution in [0.3, 0.4) is 0 Å². The number of aromatic amines is 1. The molecule has 1 aromatic heterocycles. The Morgan fingerprint density at radius 3 is 2.79 bits per heavy atom. The normalized spacial score (nSPS) is 11.9. The van der Waals surface area contributed by atoms with E-state index in [4.69, 9.17) is 9.47 Å². The number of aromatic nitrogens is 2. The molecule has 0 aliphatic rings. The summed E-state index contributed by atoms with van der Waals surface area (Å²) in [6.07, 6.45) is 2.18. The van der Waals surface area contributed by atoms with E-state index in [0.29, 0.717) is 18.4 Å². The van der Waals surface area contributed by atoms with E-state index in [0.717, 1.165) is 6.42 Å². The molecule has 0 bridgehead atoms. The molecule has 0 aromatic carbocycles. The van der Waals surface area contributed by atoms with Crippen molar-refractivity contribution in [3.05, 3.63) is 11.9 Å². The minimum absolute atomic E-state index is 0.276. The SMILES string of the molecule is CCCOC(=O)C(C)Sc1ncc(C(=O)OCC)[nH]1. The van der Waals surface area contributed by atoms with Crippen molar-refractivity contribution >= 4 is 23.7 Å². The molecule has 1 aromatic rings. The Kier molecular flexibility index (Phi) is 6.41. The maximum Gasteiger partial charge on any atom is 0.356 e. The van der Waals surface area contributed by atoms with E-state index in [-0.39, 0.29) is 16.9 Å². The van der Waals surface area contributed by atoms with Crippen LogP contribution in [-0.2, 0) is 14.3 Å². The monoisotopic (exact) mass is 286 g/mol. The number of rotatable bonds is 7. The summed E-state index contributed by atoms with van der Waals surface area (Å²) in [5, 5.41) is 0.108. The molecule has 1 N–H and O–H groups in total. The number of esters is 2. The smallest absolute Gasteiger partial charge is 0.356 e. The molecule has 0 aliphatic carbocycles. The van der Waals surface area contributed by atoms with E-state index in [1.54, 1.807) is 13.8 Å². The van der Waals surface area contributed by atoms with Gasteiger partial charge in [0.25, 0.3) is 0 Å². The molecule has 7 heteroatoms. The van der Waals surface area contributed by atoms with Gasteiger partial charge in [-0.15, -0.1) is 0 Å². The fourth-order valence-electron chi connectivity index (χ4n) is 1.21. The molecule has 0 saturated carbocycles. The molecule has 1 rings (SSSR count). The lowest BCUT2D eigenvalue weighted by Crippen LogP contribution is -2.17. The summed E-state index contributed by atoms with van der Waals surface area (Å²) in [7, 11) is 0. The number of thioether (sulfide) groups is 1. The van der Waals surface area contributed by atoms with Crippen molar-refractivity contribution in [1.82, 2.24) is 9.97 Å². The molecule has 0 amide bonds. The van der Waals surface area contributed by atoms with Crippen molar-refractivity contribution < 1.29 is 19.1 Å². The number of hydrogen-bond acceptors (Lipinski definition) is 6. The van der Waals surface area contributed by atoms with Crippen LogP contribution in [0.25, 0.3) is 0 Å². The second-order valence-electron chi connectivity index (χ2n) is 3.75. The van der Waals surface area contributed by atoms with Crippen LogP contribution in [-0.4, -0.2) is 40.4 Å². The molecule has 19 heavy (non-hydrogen) atoms. The predicted octanol–water partition coefficient (Wildman–Crippen LogP) is 2.02.